The Morgan fingerprint density at radius 2 is 2.13 bits per heavy atom. The molecule has 1 N–H and O–H groups in total. The predicted octanol–water partition coefficient (Wildman–Crippen LogP) is 2.91. The fourth-order valence-corrected chi connectivity index (χ4v) is 1.60. The Balaban J connectivity index is 2.55. The fraction of sp³-hybridized carbons (Fsp3) is 0.400. The second-order valence-corrected chi connectivity index (χ2v) is 5.06. The van der Waals surface area contributed by atoms with E-state index in [1.165, 1.54) is 11.3 Å². The van der Waals surface area contributed by atoms with E-state index in [1.54, 1.807) is 32.9 Å². The van der Waals surface area contributed by atoms with Crippen LogP contribution in [0.2, 0.25) is 0 Å². The third-order valence-electron chi connectivity index (χ3n) is 1.37. The van der Waals surface area contributed by atoms with E-state index in [0.717, 1.165) is 6.29 Å². The summed E-state index contributed by atoms with van der Waals surface area (Å²) >= 11 is 1.21. The van der Waals surface area contributed by atoms with Gasteiger partial charge < -0.3 is 4.74 Å². The van der Waals surface area contributed by atoms with Gasteiger partial charge in [-0.25, -0.2) is 4.79 Å². The number of nitrogens with one attached hydrogen (secondary N) is 1. The highest BCUT2D eigenvalue weighted by atomic mass is 32.1. The van der Waals surface area contributed by atoms with E-state index in [4.69, 9.17) is 4.74 Å². The van der Waals surface area contributed by atoms with Crippen LogP contribution in [-0.2, 0) is 4.74 Å². The molecule has 0 aromatic carbocycles. The third-order valence-corrected chi connectivity index (χ3v) is 2.29. The van der Waals surface area contributed by atoms with Crippen LogP contribution in [-0.4, -0.2) is 18.0 Å². The minimum atomic E-state index is -0.519. The minimum Gasteiger partial charge on any atom is -0.444 e. The number of carbonyl (C=O) groups excluding carboxylic acids is 2. The zero-order chi connectivity index (χ0) is 11.5. The minimum absolute atomic E-state index is 0.512. The summed E-state index contributed by atoms with van der Waals surface area (Å²) in [7, 11) is 0. The highest BCUT2D eigenvalue weighted by molar-refractivity contribution is 7.17. The number of hydrogen-bond donors (Lipinski definition) is 1. The summed E-state index contributed by atoms with van der Waals surface area (Å²) in [6.07, 6.45) is 0.229. The molecule has 0 aliphatic rings. The maximum atomic E-state index is 11.3. The molecule has 0 atom stereocenters. The van der Waals surface area contributed by atoms with Gasteiger partial charge in [0.05, 0.1) is 9.88 Å². The first-order valence-corrected chi connectivity index (χ1v) is 5.27. The normalized spacial score (nSPS) is 10.9. The molecule has 15 heavy (non-hydrogen) atoms. The van der Waals surface area contributed by atoms with E-state index in [-0.39, 0.29) is 0 Å². The SMILES string of the molecule is CC(C)(C)OC(=O)Nc1ccc(C=O)s1. The predicted molar refractivity (Wildman–Crippen MR) is 59.6 cm³/mol. The molecule has 82 valence electrons. The molecule has 0 spiro atoms. The molecule has 0 saturated carbocycles. The van der Waals surface area contributed by atoms with Crippen molar-refractivity contribution in [1.29, 1.82) is 0 Å². The summed E-state index contributed by atoms with van der Waals surface area (Å²) < 4.78 is 5.05. The van der Waals surface area contributed by atoms with Crippen molar-refractivity contribution in [3.05, 3.63) is 17.0 Å². The van der Waals surface area contributed by atoms with Crippen molar-refractivity contribution in [2.75, 3.05) is 5.32 Å². The molecule has 0 fully saturated rings. The molecule has 1 aromatic heterocycles. The van der Waals surface area contributed by atoms with E-state index in [2.05, 4.69) is 5.32 Å². The molecular weight excluding hydrogens is 214 g/mol. The van der Waals surface area contributed by atoms with Crippen molar-refractivity contribution < 1.29 is 14.3 Å². The largest absolute Gasteiger partial charge is 0.444 e. The molecule has 5 heteroatoms. The Kier molecular flexibility index (Phi) is 3.47. The van der Waals surface area contributed by atoms with Crippen LogP contribution in [0.15, 0.2) is 12.1 Å². The van der Waals surface area contributed by atoms with Crippen LogP contribution in [0.5, 0.6) is 0 Å². The van der Waals surface area contributed by atoms with E-state index < -0.39 is 11.7 Å². The van der Waals surface area contributed by atoms with Crippen LogP contribution >= 0.6 is 11.3 Å². The highest BCUT2D eigenvalue weighted by Crippen LogP contribution is 2.21. The lowest BCUT2D eigenvalue weighted by atomic mass is 10.2. The first kappa shape index (κ1) is 11.7. The number of ether oxygens (including phenoxy) is 1. The Labute approximate surface area is 92.2 Å². The Bertz CT molecular complexity index is 365. The summed E-state index contributed by atoms with van der Waals surface area (Å²) in [5, 5.41) is 3.15. The van der Waals surface area contributed by atoms with Crippen molar-refractivity contribution in [2.45, 2.75) is 26.4 Å². The van der Waals surface area contributed by atoms with Crippen LogP contribution in [0.25, 0.3) is 0 Å². The van der Waals surface area contributed by atoms with Gasteiger partial charge in [0, 0.05) is 0 Å². The summed E-state index contributed by atoms with van der Waals surface area (Å²) in [6.45, 7) is 5.37. The lowest BCUT2D eigenvalue weighted by Gasteiger charge is -2.19. The lowest BCUT2D eigenvalue weighted by Crippen LogP contribution is -2.26. The maximum Gasteiger partial charge on any atom is 0.412 e. The van der Waals surface area contributed by atoms with Gasteiger partial charge in [0.15, 0.2) is 6.29 Å². The van der Waals surface area contributed by atoms with Gasteiger partial charge in [-0.3, -0.25) is 10.1 Å². The molecule has 1 heterocycles. The molecule has 1 rings (SSSR count). The number of hydrogen-bond acceptors (Lipinski definition) is 4. The van der Waals surface area contributed by atoms with Crippen molar-refractivity contribution in [3.8, 4) is 0 Å². The molecule has 1 aromatic rings. The summed E-state index contributed by atoms with van der Waals surface area (Å²) in [5.41, 5.74) is -0.519. The molecule has 0 aliphatic heterocycles. The second-order valence-electron chi connectivity index (χ2n) is 3.95. The number of carbonyl (C=O) groups is 2. The number of aldehydes is 1. The molecular formula is C10H13NO3S. The fourth-order valence-electron chi connectivity index (χ4n) is 0.888. The van der Waals surface area contributed by atoms with Crippen molar-refractivity contribution in [2.24, 2.45) is 0 Å². The summed E-state index contributed by atoms with van der Waals surface area (Å²) in [6, 6.07) is 3.31. The molecule has 0 unspecified atom stereocenters. The number of anilines is 1. The molecule has 0 saturated heterocycles. The van der Waals surface area contributed by atoms with Crippen molar-refractivity contribution in [3.63, 3.8) is 0 Å². The van der Waals surface area contributed by atoms with Gasteiger partial charge in [-0.15, -0.1) is 11.3 Å². The van der Waals surface area contributed by atoms with E-state index in [0.29, 0.717) is 9.88 Å². The van der Waals surface area contributed by atoms with Gasteiger partial charge in [-0.2, -0.15) is 0 Å². The maximum absolute atomic E-state index is 11.3. The average molecular weight is 227 g/mol. The Morgan fingerprint density at radius 1 is 1.47 bits per heavy atom. The molecule has 0 aliphatic carbocycles. The van der Waals surface area contributed by atoms with E-state index in [9.17, 15) is 9.59 Å². The van der Waals surface area contributed by atoms with Gasteiger partial charge in [0.2, 0.25) is 0 Å². The summed E-state index contributed by atoms with van der Waals surface area (Å²) in [5.74, 6) is 0. The monoisotopic (exact) mass is 227 g/mol. The quantitative estimate of drug-likeness (QED) is 0.790. The molecule has 0 radical (unpaired) electrons. The number of rotatable bonds is 2. The highest BCUT2D eigenvalue weighted by Gasteiger charge is 2.16. The first-order valence-electron chi connectivity index (χ1n) is 4.46. The summed E-state index contributed by atoms with van der Waals surface area (Å²) in [4.78, 5) is 22.3. The van der Waals surface area contributed by atoms with Gasteiger partial charge in [-0.05, 0) is 32.9 Å². The smallest absolute Gasteiger partial charge is 0.412 e. The molecule has 4 nitrogen and oxygen atoms in total. The second kappa shape index (κ2) is 4.44. The van der Waals surface area contributed by atoms with Gasteiger partial charge in [0.25, 0.3) is 0 Å². The lowest BCUT2D eigenvalue weighted by molar-refractivity contribution is 0.0636. The van der Waals surface area contributed by atoms with Gasteiger partial charge in [0.1, 0.15) is 5.60 Å². The van der Waals surface area contributed by atoms with Crippen LogP contribution in [0.4, 0.5) is 9.80 Å². The van der Waals surface area contributed by atoms with E-state index >= 15 is 0 Å². The molecule has 0 bridgehead atoms. The zero-order valence-electron chi connectivity index (χ0n) is 8.87. The number of thiophene rings is 1. The topological polar surface area (TPSA) is 55.4 Å². The van der Waals surface area contributed by atoms with Crippen LogP contribution in [0.3, 0.4) is 0 Å². The molecule has 1 amide bonds. The average Bonchev–Trinajstić information content (AvgIpc) is 2.48. The van der Waals surface area contributed by atoms with Crippen molar-refractivity contribution >= 4 is 28.7 Å². The number of amides is 1. The third kappa shape index (κ3) is 4.12. The van der Waals surface area contributed by atoms with Crippen LogP contribution in [0.1, 0.15) is 30.4 Å². The van der Waals surface area contributed by atoms with Crippen LogP contribution < -0.4 is 5.32 Å². The van der Waals surface area contributed by atoms with Crippen molar-refractivity contribution in [1.82, 2.24) is 0 Å². The van der Waals surface area contributed by atoms with E-state index in [1.807, 2.05) is 0 Å². The standard InChI is InChI=1S/C10H13NO3S/c1-10(2,3)14-9(13)11-8-5-4-7(6-12)15-8/h4-6H,1-3H3,(H,11,13). The zero-order valence-corrected chi connectivity index (χ0v) is 9.68. The first-order chi connectivity index (χ1) is 6.90. The Morgan fingerprint density at radius 3 is 2.60 bits per heavy atom. The van der Waals surface area contributed by atoms with Gasteiger partial charge >= 0.3 is 6.09 Å². The van der Waals surface area contributed by atoms with Gasteiger partial charge in [-0.1, -0.05) is 0 Å². The Hall–Kier alpha value is -1.36. The van der Waals surface area contributed by atoms with Crippen LogP contribution in [0, 0.1) is 0 Å².